The molecule has 0 bridgehead atoms. The number of alkyl halides is 3. The second-order valence-electron chi connectivity index (χ2n) is 4.08. The molecule has 2 atom stereocenters. The molecule has 2 rings (SSSR count). The average Bonchev–Trinajstić information content (AvgIpc) is 2.76. The summed E-state index contributed by atoms with van der Waals surface area (Å²) in [4.78, 5) is 0. The van der Waals surface area contributed by atoms with Crippen LogP contribution in [0.15, 0.2) is 24.3 Å². The molecule has 0 amide bonds. The van der Waals surface area contributed by atoms with Gasteiger partial charge in [0.25, 0.3) is 0 Å². The van der Waals surface area contributed by atoms with Crippen molar-refractivity contribution in [3.63, 3.8) is 0 Å². The predicted molar refractivity (Wildman–Crippen MR) is 57.4 cm³/mol. The van der Waals surface area contributed by atoms with Crippen LogP contribution >= 0.6 is 0 Å². The third kappa shape index (κ3) is 2.79. The highest BCUT2D eigenvalue weighted by Crippen LogP contribution is 2.32. The van der Waals surface area contributed by atoms with E-state index in [1.165, 1.54) is 6.07 Å². The molecule has 2 nitrogen and oxygen atoms in total. The van der Waals surface area contributed by atoms with Crippen molar-refractivity contribution in [2.45, 2.75) is 31.9 Å². The van der Waals surface area contributed by atoms with Crippen LogP contribution in [0.5, 0.6) is 0 Å². The summed E-state index contributed by atoms with van der Waals surface area (Å²) >= 11 is 0. The quantitative estimate of drug-likeness (QED) is 0.864. The predicted octanol–water partition coefficient (Wildman–Crippen LogP) is 3.10. The SMILES string of the molecule is CCC1CNC(c2cccc(C(F)(F)F)c2)O1. The molecule has 5 heteroatoms. The van der Waals surface area contributed by atoms with Crippen molar-refractivity contribution in [3.8, 4) is 0 Å². The maximum absolute atomic E-state index is 12.5. The molecule has 0 saturated carbocycles. The molecule has 2 unspecified atom stereocenters. The van der Waals surface area contributed by atoms with Gasteiger partial charge >= 0.3 is 6.18 Å². The van der Waals surface area contributed by atoms with Crippen molar-refractivity contribution in [1.82, 2.24) is 5.32 Å². The average molecular weight is 245 g/mol. The number of halogens is 3. The van der Waals surface area contributed by atoms with Gasteiger partial charge in [0, 0.05) is 6.54 Å². The number of hydrogen-bond acceptors (Lipinski definition) is 2. The zero-order valence-corrected chi connectivity index (χ0v) is 9.42. The Kier molecular flexibility index (Phi) is 3.40. The topological polar surface area (TPSA) is 21.3 Å². The summed E-state index contributed by atoms with van der Waals surface area (Å²) < 4.78 is 43.2. The van der Waals surface area contributed by atoms with Gasteiger partial charge in [-0.05, 0) is 24.1 Å². The second kappa shape index (κ2) is 4.66. The Bertz CT molecular complexity index is 392. The standard InChI is InChI=1S/C12H14F3NO/c1-2-10-7-16-11(17-10)8-4-3-5-9(6-8)12(13,14)15/h3-6,10-11,16H,2,7H2,1H3. The second-order valence-corrected chi connectivity index (χ2v) is 4.08. The zero-order valence-electron chi connectivity index (χ0n) is 9.42. The van der Waals surface area contributed by atoms with Crippen LogP contribution in [0.2, 0.25) is 0 Å². The molecule has 1 aliphatic rings. The number of rotatable bonds is 2. The van der Waals surface area contributed by atoms with E-state index in [2.05, 4.69) is 5.32 Å². The van der Waals surface area contributed by atoms with Gasteiger partial charge in [0.15, 0.2) is 0 Å². The number of hydrogen-bond donors (Lipinski definition) is 1. The summed E-state index contributed by atoms with van der Waals surface area (Å²) in [6.45, 7) is 2.66. The normalized spacial score (nSPS) is 25.2. The molecule has 0 aromatic heterocycles. The van der Waals surface area contributed by atoms with Gasteiger partial charge in [0.1, 0.15) is 6.23 Å². The minimum atomic E-state index is -4.31. The molecule has 0 aliphatic carbocycles. The molecule has 94 valence electrons. The first-order chi connectivity index (χ1) is 8.00. The van der Waals surface area contributed by atoms with Crippen LogP contribution in [0.4, 0.5) is 13.2 Å². The van der Waals surface area contributed by atoms with E-state index in [1.807, 2.05) is 6.92 Å². The molecule has 1 aromatic carbocycles. The van der Waals surface area contributed by atoms with Gasteiger partial charge in [-0.2, -0.15) is 13.2 Å². The fraction of sp³-hybridized carbons (Fsp3) is 0.500. The van der Waals surface area contributed by atoms with Crippen LogP contribution in [0.1, 0.15) is 30.7 Å². The van der Waals surface area contributed by atoms with Gasteiger partial charge < -0.3 is 4.74 Å². The van der Waals surface area contributed by atoms with Crippen molar-refractivity contribution in [2.24, 2.45) is 0 Å². The van der Waals surface area contributed by atoms with Crippen molar-refractivity contribution in [1.29, 1.82) is 0 Å². The highest BCUT2D eigenvalue weighted by molar-refractivity contribution is 5.27. The van der Waals surface area contributed by atoms with Gasteiger partial charge in [0.05, 0.1) is 11.7 Å². The Labute approximate surface area is 97.8 Å². The summed E-state index contributed by atoms with van der Waals surface area (Å²) in [5.74, 6) is 0. The zero-order chi connectivity index (χ0) is 12.5. The maximum atomic E-state index is 12.5. The van der Waals surface area contributed by atoms with E-state index in [4.69, 9.17) is 4.74 Å². The number of nitrogens with one attached hydrogen (secondary N) is 1. The van der Waals surface area contributed by atoms with Gasteiger partial charge in [-0.3, -0.25) is 5.32 Å². The fourth-order valence-electron chi connectivity index (χ4n) is 1.84. The highest BCUT2D eigenvalue weighted by atomic mass is 19.4. The Hall–Kier alpha value is -1.07. The van der Waals surface area contributed by atoms with Gasteiger partial charge in [-0.25, -0.2) is 0 Å². The van der Waals surface area contributed by atoms with Crippen LogP contribution < -0.4 is 5.32 Å². The molecule has 0 spiro atoms. The summed E-state index contributed by atoms with van der Waals surface area (Å²) in [5, 5.41) is 3.06. The first-order valence-electron chi connectivity index (χ1n) is 5.56. The van der Waals surface area contributed by atoms with Gasteiger partial charge in [-0.1, -0.05) is 19.1 Å². The molecule has 1 saturated heterocycles. The number of ether oxygens (including phenoxy) is 1. The molecule has 1 fully saturated rings. The minimum Gasteiger partial charge on any atom is -0.355 e. The van der Waals surface area contributed by atoms with E-state index < -0.39 is 18.0 Å². The Morgan fingerprint density at radius 1 is 1.41 bits per heavy atom. The molecule has 1 heterocycles. The van der Waals surface area contributed by atoms with E-state index in [-0.39, 0.29) is 6.10 Å². The summed E-state index contributed by atoms with van der Waals surface area (Å²) in [6, 6.07) is 5.25. The lowest BCUT2D eigenvalue weighted by molar-refractivity contribution is -0.137. The van der Waals surface area contributed by atoms with Crippen LogP contribution in [0.3, 0.4) is 0 Å². The summed E-state index contributed by atoms with van der Waals surface area (Å²) in [6.07, 6.45) is -3.81. The largest absolute Gasteiger partial charge is 0.416 e. The van der Waals surface area contributed by atoms with Crippen LogP contribution in [-0.4, -0.2) is 12.6 Å². The fourth-order valence-corrected chi connectivity index (χ4v) is 1.84. The third-order valence-electron chi connectivity index (χ3n) is 2.83. The smallest absolute Gasteiger partial charge is 0.355 e. The van der Waals surface area contributed by atoms with Crippen molar-refractivity contribution in [3.05, 3.63) is 35.4 Å². The van der Waals surface area contributed by atoms with E-state index in [9.17, 15) is 13.2 Å². The minimum absolute atomic E-state index is 0.0783. The van der Waals surface area contributed by atoms with E-state index in [0.29, 0.717) is 12.1 Å². The maximum Gasteiger partial charge on any atom is 0.416 e. The lowest BCUT2D eigenvalue weighted by atomic mass is 10.1. The molecular weight excluding hydrogens is 231 g/mol. The van der Waals surface area contributed by atoms with Crippen LogP contribution in [0.25, 0.3) is 0 Å². The lowest BCUT2D eigenvalue weighted by Gasteiger charge is -2.14. The Morgan fingerprint density at radius 2 is 2.18 bits per heavy atom. The van der Waals surface area contributed by atoms with E-state index in [1.54, 1.807) is 6.07 Å². The molecule has 17 heavy (non-hydrogen) atoms. The van der Waals surface area contributed by atoms with E-state index in [0.717, 1.165) is 18.6 Å². The molecule has 1 aliphatic heterocycles. The lowest BCUT2D eigenvalue weighted by Crippen LogP contribution is -2.15. The molecule has 0 radical (unpaired) electrons. The number of benzene rings is 1. The summed E-state index contributed by atoms with van der Waals surface area (Å²) in [5.41, 5.74) is -0.115. The summed E-state index contributed by atoms with van der Waals surface area (Å²) in [7, 11) is 0. The van der Waals surface area contributed by atoms with Crippen LogP contribution in [0, 0.1) is 0 Å². The highest BCUT2D eigenvalue weighted by Gasteiger charge is 2.32. The molecule has 1 aromatic rings. The third-order valence-corrected chi connectivity index (χ3v) is 2.83. The van der Waals surface area contributed by atoms with Gasteiger partial charge in [-0.15, -0.1) is 0 Å². The Balaban J connectivity index is 2.17. The monoisotopic (exact) mass is 245 g/mol. The molecular formula is C12H14F3NO. The van der Waals surface area contributed by atoms with Crippen LogP contribution in [-0.2, 0) is 10.9 Å². The van der Waals surface area contributed by atoms with Gasteiger partial charge in [0.2, 0.25) is 0 Å². The van der Waals surface area contributed by atoms with Crippen molar-refractivity contribution >= 4 is 0 Å². The first kappa shape index (κ1) is 12.4. The van der Waals surface area contributed by atoms with Crippen molar-refractivity contribution in [2.75, 3.05) is 6.54 Å². The Morgan fingerprint density at radius 3 is 2.76 bits per heavy atom. The van der Waals surface area contributed by atoms with Crippen molar-refractivity contribution < 1.29 is 17.9 Å². The molecule has 1 N–H and O–H groups in total. The van der Waals surface area contributed by atoms with E-state index >= 15 is 0 Å². The first-order valence-corrected chi connectivity index (χ1v) is 5.56.